The van der Waals surface area contributed by atoms with E-state index in [4.69, 9.17) is 4.74 Å². The van der Waals surface area contributed by atoms with Crippen LogP contribution >= 0.6 is 11.3 Å². The summed E-state index contributed by atoms with van der Waals surface area (Å²) in [7, 11) is 0. The zero-order valence-corrected chi connectivity index (χ0v) is 16.6. The number of carboxylic acid groups (broad SMARTS) is 1. The standard InChI is InChI=1S/C22H18FNO4S/c1-12-8-9-15(10-17(12)23)16-11-29-21(19(16)22(26)27)24-20(25)14(3)28-18-7-5-4-6-13(18)2/h4-11H,3H2,1-2H3,(H,24,25)(H,26,27). The van der Waals surface area contributed by atoms with Crippen LogP contribution in [-0.2, 0) is 4.79 Å². The van der Waals surface area contributed by atoms with E-state index in [1.54, 1.807) is 36.6 Å². The summed E-state index contributed by atoms with van der Waals surface area (Å²) in [6, 6.07) is 11.6. The Morgan fingerprint density at radius 1 is 1.14 bits per heavy atom. The number of hydrogen-bond acceptors (Lipinski definition) is 4. The van der Waals surface area contributed by atoms with Crippen LogP contribution in [0.25, 0.3) is 11.1 Å². The Labute approximate surface area is 171 Å². The molecule has 0 saturated carbocycles. The van der Waals surface area contributed by atoms with Crippen LogP contribution in [0.1, 0.15) is 21.5 Å². The van der Waals surface area contributed by atoms with E-state index < -0.39 is 17.7 Å². The molecule has 0 atom stereocenters. The normalized spacial score (nSPS) is 10.4. The predicted molar refractivity (Wildman–Crippen MR) is 111 cm³/mol. The molecule has 29 heavy (non-hydrogen) atoms. The summed E-state index contributed by atoms with van der Waals surface area (Å²) in [5.41, 5.74) is 1.90. The van der Waals surface area contributed by atoms with Crippen molar-refractivity contribution in [3.8, 4) is 16.9 Å². The van der Waals surface area contributed by atoms with Crippen molar-refractivity contribution in [3.05, 3.63) is 82.7 Å². The SMILES string of the molecule is C=C(Oc1ccccc1C)C(=O)Nc1scc(-c2ccc(C)c(F)c2)c1C(=O)O. The molecular formula is C22H18FNO4S. The van der Waals surface area contributed by atoms with E-state index in [9.17, 15) is 19.1 Å². The molecule has 0 radical (unpaired) electrons. The molecule has 0 fully saturated rings. The molecule has 0 aliphatic rings. The van der Waals surface area contributed by atoms with Gasteiger partial charge in [-0.25, -0.2) is 9.18 Å². The van der Waals surface area contributed by atoms with Gasteiger partial charge >= 0.3 is 5.97 Å². The van der Waals surface area contributed by atoms with Crippen LogP contribution in [0.5, 0.6) is 5.75 Å². The number of hydrogen-bond donors (Lipinski definition) is 2. The smallest absolute Gasteiger partial charge is 0.339 e. The number of halogens is 1. The molecule has 0 saturated heterocycles. The van der Waals surface area contributed by atoms with Crippen molar-refractivity contribution in [2.75, 3.05) is 5.32 Å². The number of rotatable bonds is 6. The maximum Gasteiger partial charge on any atom is 0.339 e. The molecule has 2 aromatic carbocycles. The minimum atomic E-state index is -1.23. The van der Waals surface area contributed by atoms with E-state index in [1.807, 2.05) is 19.1 Å². The van der Waals surface area contributed by atoms with Gasteiger partial charge in [0.25, 0.3) is 5.91 Å². The summed E-state index contributed by atoms with van der Waals surface area (Å²) in [5, 5.41) is 13.9. The van der Waals surface area contributed by atoms with Crippen molar-refractivity contribution in [2.24, 2.45) is 0 Å². The Kier molecular flexibility index (Phi) is 5.79. The lowest BCUT2D eigenvalue weighted by Crippen LogP contribution is -2.18. The van der Waals surface area contributed by atoms with E-state index in [1.165, 1.54) is 6.07 Å². The average molecular weight is 411 g/mol. The van der Waals surface area contributed by atoms with E-state index in [0.29, 0.717) is 22.4 Å². The first-order valence-electron chi connectivity index (χ1n) is 8.63. The summed E-state index contributed by atoms with van der Waals surface area (Å²) >= 11 is 1.03. The van der Waals surface area contributed by atoms with Crippen LogP contribution in [0, 0.1) is 19.7 Å². The summed E-state index contributed by atoms with van der Waals surface area (Å²) in [6.45, 7) is 7.07. The fourth-order valence-corrected chi connectivity index (χ4v) is 3.61. The topological polar surface area (TPSA) is 75.6 Å². The second-order valence-electron chi connectivity index (χ2n) is 6.37. The fourth-order valence-electron chi connectivity index (χ4n) is 2.66. The summed E-state index contributed by atoms with van der Waals surface area (Å²) in [4.78, 5) is 24.3. The van der Waals surface area contributed by atoms with Crippen molar-refractivity contribution < 1.29 is 23.8 Å². The first kappa shape index (κ1) is 20.3. The quantitative estimate of drug-likeness (QED) is 0.421. The van der Waals surface area contributed by atoms with Gasteiger partial charge in [-0.1, -0.05) is 36.9 Å². The lowest BCUT2D eigenvalue weighted by Gasteiger charge is -2.11. The molecule has 3 rings (SSSR count). The van der Waals surface area contributed by atoms with Crippen molar-refractivity contribution in [1.82, 2.24) is 0 Å². The molecule has 0 aliphatic heterocycles. The number of para-hydroxylation sites is 1. The highest BCUT2D eigenvalue weighted by molar-refractivity contribution is 7.15. The zero-order valence-electron chi connectivity index (χ0n) is 15.8. The molecule has 0 unspecified atom stereocenters. The van der Waals surface area contributed by atoms with E-state index in [0.717, 1.165) is 16.9 Å². The maximum absolute atomic E-state index is 13.9. The number of thiophene rings is 1. The maximum atomic E-state index is 13.9. The third-order valence-corrected chi connectivity index (χ3v) is 5.19. The number of amides is 1. The summed E-state index contributed by atoms with van der Waals surface area (Å²) < 4.78 is 19.4. The third kappa shape index (κ3) is 4.35. The Morgan fingerprint density at radius 3 is 2.52 bits per heavy atom. The Morgan fingerprint density at radius 2 is 1.86 bits per heavy atom. The van der Waals surface area contributed by atoms with Gasteiger partial charge in [-0.3, -0.25) is 4.79 Å². The Bertz CT molecular complexity index is 1120. The zero-order chi connectivity index (χ0) is 21.1. The summed E-state index contributed by atoms with van der Waals surface area (Å²) in [6.07, 6.45) is 0. The van der Waals surface area contributed by atoms with E-state index >= 15 is 0 Å². The van der Waals surface area contributed by atoms with Crippen molar-refractivity contribution in [1.29, 1.82) is 0 Å². The molecule has 5 nitrogen and oxygen atoms in total. The second kappa shape index (κ2) is 8.28. The molecule has 3 aromatic rings. The molecule has 0 bridgehead atoms. The van der Waals surface area contributed by atoms with Crippen LogP contribution in [0.3, 0.4) is 0 Å². The van der Waals surface area contributed by atoms with Gasteiger partial charge in [0.05, 0.1) is 0 Å². The number of aryl methyl sites for hydroxylation is 2. The lowest BCUT2D eigenvalue weighted by molar-refractivity contribution is -0.114. The Hall–Kier alpha value is -3.45. The van der Waals surface area contributed by atoms with Gasteiger partial charge in [0.2, 0.25) is 0 Å². The second-order valence-corrected chi connectivity index (χ2v) is 7.25. The highest BCUT2D eigenvalue weighted by atomic mass is 32.1. The van der Waals surface area contributed by atoms with E-state index in [-0.39, 0.29) is 16.3 Å². The number of carbonyl (C=O) groups is 2. The average Bonchev–Trinajstić information content (AvgIpc) is 3.09. The highest BCUT2D eigenvalue weighted by Gasteiger charge is 2.23. The van der Waals surface area contributed by atoms with Gasteiger partial charge in [0, 0.05) is 10.9 Å². The van der Waals surface area contributed by atoms with Gasteiger partial charge < -0.3 is 15.2 Å². The van der Waals surface area contributed by atoms with Gasteiger partial charge in [-0.2, -0.15) is 0 Å². The largest absolute Gasteiger partial charge is 0.478 e. The van der Waals surface area contributed by atoms with Crippen LogP contribution < -0.4 is 10.1 Å². The molecule has 1 amide bonds. The lowest BCUT2D eigenvalue weighted by atomic mass is 10.0. The molecule has 1 aromatic heterocycles. The number of nitrogens with one attached hydrogen (secondary N) is 1. The number of aromatic carboxylic acids is 1. The number of ether oxygens (including phenoxy) is 1. The Balaban J connectivity index is 1.85. The molecule has 0 spiro atoms. The van der Waals surface area contributed by atoms with Crippen molar-refractivity contribution in [2.45, 2.75) is 13.8 Å². The van der Waals surface area contributed by atoms with Gasteiger partial charge in [0.15, 0.2) is 5.76 Å². The first-order chi connectivity index (χ1) is 13.8. The van der Waals surface area contributed by atoms with Gasteiger partial charge in [-0.05, 0) is 42.7 Å². The molecule has 148 valence electrons. The van der Waals surface area contributed by atoms with E-state index in [2.05, 4.69) is 11.9 Å². The molecule has 1 heterocycles. The van der Waals surface area contributed by atoms with Crippen LogP contribution in [-0.4, -0.2) is 17.0 Å². The third-order valence-electron chi connectivity index (χ3n) is 4.29. The van der Waals surface area contributed by atoms with Crippen LogP contribution in [0.2, 0.25) is 0 Å². The minimum Gasteiger partial charge on any atom is -0.478 e. The monoisotopic (exact) mass is 411 g/mol. The number of anilines is 1. The number of benzene rings is 2. The number of carbonyl (C=O) groups excluding carboxylic acids is 1. The molecule has 7 heteroatoms. The van der Waals surface area contributed by atoms with Crippen LogP contribution in [0.15, 0.2) is 60.2 Å². The highest BCUT2D eigenvalue weighted by Crippen LogP contribution is 2.36. The van der Waals surface area contributed by atoms with Gasteiger partial charge in [-0.15, -0.1) is 11.3 Å². The van der Waals surface area contributed by atoms with Crippen LogP contribution in [0.4, 0.5) is 9.39 Å². The van der Waals surface area contributed by atoms with Crippen molar-refractivity contribution >= 4 is 28.2 Å². The first-order valence-corrected chi connectivity index (χ1v) is 9.51. The van der Waals surface area contributed by atoms with Gasteiger partial charge in [0.1, 0.15) is 22.1 Å². The molecule has 2 N–H and O–H groups in total. The molecule has 0 aliphatic carbocycles. The predicted octanol–water partition coefficient (Wildman–Crippen LogP) is 5.40. The fraction of sp³-hybridized carbons (Fsp3) is 0.0909. The summed E-state index contributed by atoms with van der Waals surface area (Å²) in [5.74, 6) is -2.03. The number of carboxylic acids is 1. The molecular weight excluding hydrogens is 393 g/mol. The minimum absolute atomic E-state index is 0.115. The van der Waals surface area contributed by atoms with Crippen molar-refractivity contribution in [3.63, 3.8) is 0 Å².